The molecule has 0 amide bonds. The van der Waals surface area contributed by atoms with E-state index in [2.05, 4.69) is 15.9 Å². The summed E-state index contributed by atoms with van der Waals surface area (Å²) in [6, 6.07) is 13.2. The Bertz CT molecular complexity index is 620. The quantitative estimate of drug-likeness (QED) is 0.730. The normalized spacial score (nSPS) is 10.2. The molecule has 4 heteroatoms. The van der Waals surface area contributed by atoms with Crippen molar-refractivity contribution in [2.45, 2.75) is 12.8 Å². The Kier molecular flexibility index (Phi) is 5.39. The van der Waals surface area contributed by atoms with Gasteiger partial charge >= 0.3 is 0 Å². The smallest absolute Gasteiger partial charge is 0.164 e. The SMILES string of the molecule is COc1ccc(CCC(=O)c2cc(OC)ccc2Br)cc1. The van der Waals surface area contributed by atoms with E-state index in [4.69, 9.17) is 9.47 Å². The number of ketones is 1. The van der Waals surface area contributed by atoms with Gasteiger partial charge in [0.1, 0.15) is 11.5 Å². The highest BCUT2D eigenvalue weighted by Gasteiger charge is 2.11. The van der Waals surface area contributed by atoms with Gasteiger partial charge in [-0.2, -0.15) is 0 Å². The topological polar surface area (TPSA) is 35.5 Å². The van der Waals surface area contributed by atoms with Crippen molar-refractivity contribution in [1.29, 1.82) is 0 Å². The molecule has 0 fully saturated rings. The lowest BCUT2D eigenvalue weighted by molar-refractivity contribution is 0.0981. The van der Waals surface area contributed by atoms with Crippen LogP contribution in [0.4, 0.5) is 0 Å². The van der Waals surface area contributed by atoms with Crippen LogP contribution in [-0.2, 0) is 6.42 Å². The van der Waals surface area contributed by atoms with Crippen molar-refractivity contribution in [1.82, 2.24) is 0 Å². The molecule has 2 rings (SSSR count). The molecular formula is C17H17BrO3. The third kappa shape index (κ3) is 4.08. The lowest BCUT2D eigenvalue weighted by atomic mass is 10.0. The molecule has 0 aromatic heterocycles. The van der Waals surface area contributed by atoms with Gasteiger partial charge in [0.2, 0.25) is 0 Å². The maximum absolute atomic E-state index is 12.3. The molecule has 0 unspecified atom stereocenters. The minimum Gasteiger partial charge on any atom is -0.497 e. The van der Waals surface area contributed by atoms with Crippen LogP contribution >= 0.6 is 15.9 Å². The molecule has 0 saturated heterocycles. The van der Waals surface area contributed by atoms with Gasteiger partial charge < -0.3 is 9.47 Å². The first-order chi connectivity index (χ1) is 10.1. The molecule has 110 valence electrons. The van der Waals surface area contributed by atoms with Crippen LogP contribution in [0.1, 0.15) is 22.3 Å². The van der Waals surface area contributed by atoms with Gasteiger partial charge in [0.15, 0.2) is 5.78 Å². The van der Waals surface area contributed by atoms with E-state index in [0.29, 0.717) is 24.2 Å². The lowest BCUT2D eigenvalue weighted by Gasteiger charge is -2.07. The molecule has 3 nitrogen and oxygen atoms in total. The molecule has 0 aliphatic heterocycles. The van der Waals surface area contributed by atoms with E-state index in [1.54, 1.807) is 20.3 Å². The summed E-state index contributed by atoms with van der Waals surface area (Å²) in [4.78, 5) is 12.3. The molecule has 0 heterocycles. The fourth-order valence-electron chi connectivity index (χ4n) is 2.03. The Labute approximate surface area is 133 Å². The number of carbonyl (C=O) groups is 1. The van der Waals surface area contributed by atoms with Crippen molar-refractivity contribution in [3.8, 4) is 11.5 Å². The number of hydrogen-bond acceptors (Lipinski definition) is 3. The number of methoxy groups -OCH3 is 2. The van der Waals surface area contributed by atoms with Crippen LogP contribution in [0, 0.1) is 0 Å². The van der Waals surface area contributed by atoms with Gasteiger partial charge in [-0.3, -0.25) is 4.79 Å². The van der Waals surface area contributed by atoms with Crippen LogP contribution < -0.4 is 9.47 Å². The number of rotatable bonds is 6. The van der Waals surface area contributed by atoms with E-state index in [0.717, 1.165) is 15.8 Å². The average molecular weight is 349 g/mol. The fraction of sp³-hybridized carbons (Fsp3) is 0.235. The Hall–Kier alpha value is -1.81. The van der Waals surface area contributed by atoms with Crippen molar-refractivity contribution in [2.24, 2.45) is 0 Å². The minimum absolute atomic E-state index is 0.0941. The molecule has 0 aliphatic carbocycles. The zero-order valence-corrected chi connectivity index (χ0v) is 13.6. The van der Waals surface area contributed by atoms with Crippen LogP contribution in [0.15, 0.2) is 46.9 Å². The molecule has 0 bridgehead atoms. The molecule has 2 aromatic carbocycles. The highest BCUT2D eigenvalue weighted by atomic mass is 79.9. The van der Waals surface area contributed by atoms with E-state index < -0.39 is 0 Å². The number of hydrogen-bond donors (Lipinski definition) is 0. The summed E-state index contributed by atoms with van der Waals surface area (Å²) in [5.74, 6) is 1.60. The van der Waals surface area contributed by atoms with Crippen molar-refractivity contribution >= 4 is 21.7 Å². The summed E-state index contributed by atoms with van der Waals surface area (Å²) in [5.41, 5.74) is 1.77. The Morgan fingerprint density at radius 2 is 1.62 bits per heavy atom. The zero-order valence-electron chi connectivity index (χ0n) is 12.1. The molecule has 0 radical (unpaired) electrons. The van der Waals surface area contributed by atoms with E-state index in [-0.39, 0.29) is 5.78 Å². The van der Waals surface area contributed by atoms with Gasteiger partial charge in [-0.25, -0.2) is 0 Å². The van der Waals surface area contributed by atoms with Crippen molar-refractivity contribution in [2.75, 3.05) is 14.2 Å². The lowest BCUT2D eigenvalue weighted by Crippen LogP contribution is -2.03. The van der Waals surface area contributed by atoms with Crippen LogP contribution in [0.25, 0.3) is 0 Å². The first-order valence-electron chi connectivity index (χ1n) is 6.63. The van der Waals surface area contributed by atoms with Crippen LogP contribution in [-0.4, -0.2) is 20.0 Å². The van der Waals surface area contributed by atoms with E-state index >= 15 is 0 Å². The molecule has 0 N–H and O–H groups in total. The van der Waals surface area contributed by atoms with Crippen molar-refractivity contribution in [3.05, 3.63) is 58.1 Å². The average Bonchev–Trinajstić information content (AvgIpc) is 2.53. The standard InChI is InChI=1S/C17H17BrO3/c1-20-13-6-3-12(4-7-13)5-10-17(19)15-11-14(21-2)8-9-16(15)18/h3-4,6-9,11H,5,10H2,1-2H3. The summed E-state index contributed by atoms with van der Waals surface area (Å²) in [6.45, 7) is 0. The summed E-state index contributed by atoms with van der Waals surface area (Å²) >= 11 is 3.41. The fourth-order valence-corrected chi connectivity index (χ4v) is 2.50. The zero-order chi connectivity index (χ0) is 15.2. The highest BCUT2D eigenvalue weighted by molar-refractivity contribution is 9.10. The number of Topliss-reactive ketones (excluding diaryl/α,β-unsaturated/α-hetero) is 1. The predicted octanol–water partition coefficient (Wildman–Crippen LogP) is 4.28. The second-order valence-electron chi connectivity index (χ2n) is 4.62. The number of ether oxygens (including phenoxy) is 2. The summed E-state index contributed by atoms with van der Waals surface area (Å²) in [7, 11) is 3.23. The van der Waals surface area contributed by atoms with Crippen molar-refractivity contribution in [3.63, 3.8) is 0 Å². The molecule has 2 aromatic rings. The second-order valence-corrected chi connectivity index (χ2v) is 5.47. The maximum Gasteiger partial charge on any atom is 0.164 e. The van der Waals surface area contributed by atoms with Gasteiger partial charge in [-0.05, 0) is 42.3 Å². The highest BCUT2D eigenvalue weighted by Crippen LogP contribution is 2.24. The van der Waals surface area contributed by atoms with E-state index in [1.807, 2.05) is 36.4 Å². The summed E-state index contributed by atoms with van der Waals surface area (Å²) in [5, 5.41) is 0. The van der Waals surface area contributed by atoms with Gasteiger partial charge in [0, 0.05) is 16.5 Å². The summed E-state index contributed by atoms with van der Waals surface area (Å²) in [6.07, 6.45) is 1.16. The second kappa shape index (κ2) is 7.27. The minimum atomic E-state index is 0.0941. The Morgan fingerprint density at radius 1 is 1.00 bits per heavy atom. The summed E-state index contributed by atoms with van der Waals surface area (Å²) < 4.78 is 11.1. The van der Waals surface area contributed by atoms with Crippen molar-refractivity contribution < 1.29 is 14.3 Å². The molecule has 0 aliphatic rings. The van der Waals surface area contributed by atoms with Gasteiger partial charge in [0.25, 0.3) is 0 Å². The van der Waals surface area contributed by atoms with Gasteiger partial charge in [-0.15, -0.1) is 0 Å². The molecule has 21 heavy (non-hydrogen) atoms. The number of benzene rings is 2. The van der Waals surface area contributed by atoms with Crippen LogP contribution in [0.2, 0.25) is 0 Å². The monoisotopic (exact) mass is 348 g/mol. The number of aryl methyl sites for hydroxylation is 1. The van der Waals surface area contributed by atoms with E-state index in [9.17, 15) is 4.79 Å². The van der Waals surface area contributed by atoms with Gasteiger partial charge in [-0.1, -0.05) is 28.1 Å². The first kappa shape index (κ1) is 15.6. The molecule has 0 atom stereocenters. The molecular weight excluding hydrogens is 332 g/mol. The number of carbonyl (C=O) groups excluding carboxylic acids is 1. The molecule has 0 spiro atoms. The Balaban J connectivity index is 2.04. The largest absolute Gasteiger partial charge is 0.497 e. The van der Waals surface area contributed by atoms with E-state index in [1.165, 1.54) is 0 Å². The first-order valence-corrected chi connectivity index (χ1v) is 7.43. The van der Waals surface area contributed by atoms with Gasteiger partial charge in [0.05, 0.1) is 14.2 Å². The third-order valence-corrected chi connectivity index (χ3v) is 3.97. The maximum atomic E-state index is 12.3. The van der Waals surface area contributed by atoms with Crippen LogP contribution in [0.3, 0.4) is 0 Å². The number of halogens is 1. The van der Waals surface area contributed by atoms with Crippen LogP contribution in [0.5, 0.6) is 11.5 Å². The molecule has 0 saturated carbocycles. The Morgan fingerprint density at radius 3 is 2.24 bits per heavy atom. The predicted molar refractivity (Wildman–Crippen MR) is 86.3 cm³/mol. The third-order valence-electron chi connectivity index (χ3n) is 3.27.